The smallest absolute Gasteiger partial charge is 0.184 e. The molecule has 3 heteroatoms. The summed E-state index contributed by atoms with van der Waals surface area (Å²) in [6.07, 6.45) is 4.20. The molecular weight excluding hydrogens is 168 g/mol. The van der Waals surface area contributed by atoms with Gasteiger partial charge in [0.05, 0.1) is 12.5 Å². The molecule has 0 heterocycles. The summed E-state index contributed by atoms with van der Waals surface area (Å²) in [7, 11) is 0.284. The number of Topliss-reactive ketones (excluding diaryl/α,β-unsaturated/α-hetero) is 1. The molecule has 0 fully saturated rings. The molecule has 0 aromatic carbocycles. The van der Waals surface area contributed by atoms with Gasteiger partial charge in [-0.3, -0.25) is 4.79 Å². The highest BCUT2D eigenvalue weighted by atomic mass is 35.5. The minimum atomic E-state index is 0. The second-order valence-electron chi connectivity index (χ2n) is 2.75. The van der Waals surface area contributed by atoms with Crippen LogP contribution >= 0.6 is 0 Å². The van der Waals surface area contributed by atoms with Crippen molar-refractivity contribution >= 4 is 16.7 Å². The Morgan fingerprint density at radius 3 is 1.90 bits per heavy atom. The standard InChI is InChI=1S/C7H15OS.ClH/c1-6(2)7(8)5-9(3)4;/h6H,5H2,1-4H3;1H/q+1;/p-1. The predicted molar refractivity (Wildman–Crippen MR) is 43.9 cm³/mol. The van der Waals surface area contributed by atoms with E-state index >= 15 is 0 Å². The lowest BCUT2D eigenvalue weighted by Gasteiger charge is -1.99. The van der Waals surface area contributed by atoms with Gasteiger partial charge in [0.15, 0.2) is 11.5 Å². The van der Waals surface area contributed by atoms with E-state index in [1.807, 2.05) is 13.8 Å². The molecule has 1 nitrogen and oxygen atoms in total. The average Bonchev–Trinajstić information content (AvgIpc) is 1.63. The van der Waals surface area contributed by atoms with E-state index in [-0.39, 0.29) is 29.2 Å². The summed E-state index contributed by atoms with van der Waals surface area (Å²) in [5.74, 6) is 1.38. The Balaban J connectivity index is 0. The van der Waals surface area contributed by atoms with Crippen molar-refractivity contribution in [2.75, 3.05) is 18.3 Å². The summed E-state index contributed by atoms with van der Waals surface area (Å²) in [5.41, 5.74) is 0. The van der Waals surface area contributed by atoms with Crippen molar-refractivity contribution in [1.82, 2.24) is 0 Å². The molecule has 0 spiro atoms. The summed E-state index contributed by atoms with van der Waals surface area (Å²) < 4.78 is 0. The Morgan fingerprint density at radius 1 is 1.40 bits per heavy atom. The lowest BCUT2D eigenvalue weighted by molar-refractivity contribution is -0.119. The molecule has 0 aliphatic heterocycles. The zero-order chi connectivity index (χ0) is 7.44. The van der Waals surface area contributed by atoms with Crippen molar-refractivity contribution in [3.8, 4) is 0 Å². The third-order valence-corrected chi connectivity index (χ3v) is 1.94. The molecule has 0 radical (unpaired) electrons. The minimum absolute atomic E-state index is 0. The zero-order valence-corrected chi connectivity index (χ0v) is 8.55. The molecule has 0 N–H and O–H groups in total. The molecule has 0 aliphatic rings. The number of ketones is 1. The van der Waals surface area contributed by atoms with Crippen molar-refractivity contribution in [2.24, 2.45) is 5.92 Å². The fraction of sp³-hybridized carbons (Fsp3) is 0.857. The van der Waals surface area contributed by atoms with Crippen LogP contribution in [0.2, 0.25) is 0 Å². The van der Waals surface area contributed by atoms with Crippen LogP contribution in [0.5, 0.6) is 0 Å². The van der Waals surface area contributed by atoms with Crippen LogP contribution in [-0.2, 0) is 15.7 Å². The van der Waals surface area contributed by atoms with Gasteiger partial charge in [-0.1, -0.05) is 13.8 Å². The van der Waals surface area contributed by atoms with Gasteiger partial charge in [-0.2, -0.15) is 0 Å². The molecule has 0 bridgehead atoms. The van der Waals surface area contributed by atoms with Crippen molar-refractivity contribution in [2.45, 2.75) is 13.8 Å². The third-order valence-electron chi connectivity index (χ3n) is 1.07. The van der Waals surface area contributed by atoms with Crippen LogP contribution in [0, 0.1) is 5.92 Å². The van der Waals surface area contributed by atoms with Gasteiger partial charge in [-0.25, -0.2) is 0 Å². The van der Waals surface area contributed by atoms with Gasteiger partial charge in [-0.15, -0.1) is 0 Å². The first-order valence-corrected chi connectivity index (χ1v) is 5.32. The van der Waals surface area contributed by atoms with Crippen molar-refractivity contribution in [1.29, 1.82) is 0 Å². The van der Waals surface area contributed by atoms with Crippen LogP contribution in [0.1, 0.15) is 13.8 Å². The molecule has 0 atom stereocenters. The van der Waals surface area contributed by atoms with Gasteiger partial charge in [0, 0.05) is 5.92 Å². The second-order valence-corrected chi connectivity index (χ2v) is 5.01. The quantitative estimate of drug-likeness (QED) is 0.466. The average molecular weight is 183 g/mol. The maximum absolute atomic E-state index is 11.0. The van der Waals surface area contributed by atoms with Gasteiger partial charge >= 0.3 is 0 Å². The summed E-state index contributed by atoms with van der Waals surface area (Å²) in [6.45, 7) is 3.91. The second kappa shape index (κ2) is 6.05. The highest BCUT2D eigenvalue weighted by Gasteiger charge is 2.14. The van der Waals surface area contributed by atoms with Crippen molar-refractivity contribution < 1.29 is 17.2 Å². The van der Waals surface area contributed by atoms with Crippen LogP contribution < -0.4 is 12.4 Å². The van der Waals surface area contributed by atoms with Crippen molar-refractivity contribution in [3.05, 3.63) is 0 Å². The Bertz CT molecular complexity index is 102. The number of rotatable bonds is 3. The van der Waals surface area contributed by atoms with E-state index in [4.69, 9.17) is 0 Å². The van der Waals surface area contributed by atoms with Gasteiger partial charge in [0.2, 0.25) is 0 Å². The molecular formula is C7H15ClOS. The van der Waals surface area contributed by atoms with Crippen molar-refractivity contribution in [3.63, 3.8) is 0 Å². The van der Waals surface area contributed by atoms with Crippen LogP contribution in [-0.4, -0.2) is 24.0 Å². The summed E-state index contributed by atoms with van der Waals surface area (Å²) in [4.78, 5) is 11.0. The predicted octanol–water partition coefficient (Wildman–Crippen LogP) is -1.91. The van der Waals surface area contributed by atoms with Gasteiger partial charge in [0.25, 0.3) is 0 Å². The lowest BCUT2D eigenvalue weighted by Crippen LogP contribution is -3.00. The number of hydrogen-bond acceptors (Lipinski definition) is 1. The summed E-state index contributed by atoms with van der Waals surface area (Å²) in [6, 6.07) is 0. The molecule has 0 amide bonds. The highest BCUT2D eigenvalue weighted by molar-refractivity contribution is 7.96. The molecule has 0 aromatic heterocycles. The molecule has 62 valence electrons. The van der Waals surface area contributed by atoms with Crippen LogP contribution in [0.4, 0.5) is 0 Å². The number of halogens is 1. The number of carbonyl (C=O) groups is 1. The van der Waals surface area contributed by atoms with E-state index in [2.05, 4.69) is 12.5 Å². The Labute approximate surface area is 72.3 Å². The monoisotopic (exact) mass is 182 g/mol. The first-order valence-electron chi connectivity index (χ1n) is 3.11. The normalized spacial score (nSPS) is 9.80. The van der Waals surface area contributed by atoms with E-state index < -0.39 is 0 Å². The van der Waals surface area contributed by atoms with E-state index in [1.54, 1.807) is 0 Å². The largest absolute Gasteiger partial charge is 1.00 e. The molecule has 0 unspecified atom stereocenters. The molecule has 0 aliphatic carbocycles. The SMILES string of the molecule is CC(C)C(=O)C[S+](C)C.[Cl-]. The first kappa shape index (κ1) is 12.9. The topological polar surface area (TPSA) is 17.1 Å². The Kier molecular flexibility index (Phi) is 7.83. The van der Waals surface area contributed by atoms with E-state index in [1.165, 1.54) is 0 Å². The maximum Gasteiger partial charge on any atom is 0.184 e. The Morgan fingerprint density at radius 2 is 1.80 bits per heavy atom. The summed E-state index contributed by atoms with van der Waals surface area (Å²) >= 11 is 0. The molecule has 0 saturated heterocycles. The fourth-order valence-corrected chi connectivity index (χ4v) is 1.35. The number of carbonyl (C=O) groups excluding carboxylic acids is 1. The van der Waals surface area contributed by atoms with Gasteiger partial charge < -0.3 is 12.4 Å². The highest BCUT2D eigenvalue weighted by Crippen LogP contribution is 1.96. The fourth-order valence-electron chi connectivity index (χ4n) is 0.451. The molecule has 10 heavy (non-hydrogen) atoms. The van der Waals surface area contributed by atoms with E-state index in [0.717, 1.165) is 5.75 Å². The lowest BCUT2D eigenvalue weighted by atomic mass is 10.1. The summed E-state index contributed by atoms with van der Waals surface area (Å²) in [5, 5.41) is 0. The molecule has 0 rings (SSSR count). The molecule has 0 aromatic rings. The molecule has 0 saturated carbocycles. The van der Waals surface area contributed by atoms with Crippen LogP contribution in [0.25, 0.3) is 0 Å². The van der Waals surface area contributed by atoms with Gasteiger partial charge in [-0.05, 0) is 10.9 Å². The maximum atomic E-state index is 11.0. The minimum Gasteiger partial charge on any atom is -1.00 e. The third kappa shape index (κ3) is 6.43. The number of hydrogen-bond donors (Lipinski definition) is 0. The van der Waals surface area contributed by atoms with Crippen LogP contribution in [0.3, 0.4) is 0 Å². The zero-order valence-electron chi connectivity index (χ0n) is 6.98. The van der Waals surface area contributed by atoms with E-state index in [9.17, 15) is 4.79 Å². The van der Waals surface area contributed by atoms with Gasteiger partial charge in [0.1, 0.15) is 0 Å². The van der Waals surface area contributed by atoms with E-state index in [0.29, 0.717) is 5.78 Å². The first-order chi connectivity index (χ1) is 4.04. The van der Waals surface area contributed by atoms with Crippen LogP contribution in [0.15, 0.2) is 0 Å². The Hall–Kier alpha value is 0.310.